The van der Waals surface area contributed by atoms with E-state index in [1.165, 1.54) is 6.92 Å². The number of rotatable bonds is 3. The summed E-state index contributed by atoms with van der Waals surface area (Å²) in [6, 6.07) is 5.32. The van der Waals surface area contributed by atoms with Gasteiger partial charge in [-0.25, -0.2) is 4.98 Å². The van der Waals surface area contributed by atoms with Crippen LogP contribution in [0, 0.1) is 13.8 Å². The number of nitrogens with zero attached hydrogens (tertiary/aromatic N) is 1. The minimum absolute atomic E-state index is 0.160. The summed E-state index contributed by atoms with van der Waals surface area (Å²) in [6.45, 7) is 5.05. The molecule has 0 aliphatic carbocycles. The van der Waals surface area contributed by atoms with Gasteiger partial charge in [0.25, 0.3) is 5.91 Å². The molecule has 6 nitrogen and oxygen atoms in total. The van der Waals surface area contributed by atoms with Gasteiger partial charge in [0, 0.05) is 18.3 Å². The molecule has 1 heterocycles. The Hall–Kier alpha value is -2.41. The first-order valence-corrected chi connectivity index (χ1v) is 7.11. The van der Waals surface area contributed by atoms with Crippen LogP contribution in [-0.4, -0.2) is 16.8 Å². The van der Waals surface area contributed by atoms with Gasteiger partial charge in [-0.1, -0.05) is 17.4 Å². The van der Waals surface area contributed by atoms with Crippen molar-refractivity contribution in [1.29, 1.82) is 0 Å². The van der Waals surface area contributed by atoms with Crippen molar-refractivity contribution in [2.45, 2.75) is 20.8 Å². The van der Waals surface area contributed by atoms with Gasteiger partial charge in [-0.3, -0.25) is 9.59 Å². The van der Waals surface area contributed by atoms with Crippen molar-refractivity contribution in [3.8, 4) is 0 Å². The lowest BCUT2D eigenvalue weighted by atomic mass is 10.1. The van der Waals surface area contributed by atoms with Crippen LogP contribution in [0.1, 0.15) is 27.9 Å². The largest absolute Gasteiger partial charge is 0.375 e. The van der Waals surface area contributed by atoms with Crippen LogP contribution in [0.3, 0.4) is 0 Å². The van der Waals surface area contributed by atoms with E-state index in [2.05, 4.69) is 15.6 Å². The van der Waals surface area contributed by atoms with Crippen molar-refractivity contribution in [2.75, 3.05) is 16.4 Å². The van der Waals surface area contributed by atoms with E-state index in [4.69, 9.17) is 5.73 Å². The SMILES string of the molecule is CC(=O)Nc1cc(NC(=O)c2sc(N)nc2C)ccc1C. The molecule has 0 aliphatic heterocycles. The van der Waals surface area contributed by atoms with Crippen LogP contribution in [0.15, 0.2) is 18.2 Å². The number of carbonyl (C=O) groups excluding carboxylic acids is 2. The molecule has 1 aromatic heterocycles. The van der Waals surface area contributed by atoms with E-state index in [0.29, 0.717) is 27.1 Å². The number of thiazole rings is 1. The quantitative estimate of drug-likeness (QED) is 0.811. The van der Waals surface area contributed by atoms with E-state index in [1.54, 1.807) is 19.1 Å². The minimum atomic E-state index is -0.265. The summed E-state index contributed by atoms with van der Waals surface area (Å²) in [7, 11) is 0. The first-order chi connectivity index (χ1) is 9.86. The minimum Gasteiger partial charge on any atom is -0.375 e. The van der Waals surface area contributed by atoms with Gasteiger partial charge in [-0.15, -0.1) is 0 Å². The summed E-state index contributed by atoms with van der Waals surface area (Å²) in [5, 5.41) is 5.86. The smallest absolute Gasteiger partial charge is 0.267 e. The Balaban J connectivity index is 2.21. The number of nitrogen functional groups attached to an aromatic ring is 1. The molecule has 0 spiro atoms. The van der Waals surface area contributed by atoms with E-state index in [9.17, 15) is 9.59 Å². The van der Waals surface area contributed by atoms with Crippen LogP contribution in [0.2, 0.25) is 0 Å². The molecule has 1 aromatic carbocycles. The average Bonchev–Trinajstić information content (AvgIpc) is 2.72. The molecule has 21 heavy (non-hydrogen) atoms. The maximum atomic E-state index is 12.2. The molecule has 110 valence electrons. The number of aromatic nitrogens is 1. The van der Waals surface area contributed by atoms with Crippen molar-refractivity contribution < 1.29 is 9.59 Å². The fourth-order valence-electron chi connectivity index (χ4n) is 1.84. The highest BCUT2D eigenvalue weighted by Crippen LogP contribution is 2.24. The number of anilines is 3. The van der Waals surface area contributed by atoms with Gasteiger partial charge in [0.2, 0.25) is 5.91 Å². The molecule has 4 N–H and O–H groups in total. The van der Waals surface area contributed by atoms with Crippen LogP contribution >= 0.6 is 11.3 Å². The second-order valence-corrected chi connectivity index (χ2v) is 5.66. The third-order valence-electron chi connectivity index (χ3n) is 2.83. The fraction of sp³-hybridized carbons (Fsp3) is 0.214. The number of hydrogen-bond acceptors (Lipinski definition) is 5. The standard InChI is InChI=1S/C14H16N4O2S/c1-7-4-5-10(6-11(7)17-9(3)19)18-13(20)12-8(2)16-14(15)21-12/h4-6H,1-3H3,(H2,15,16)(H,17,19)(H,18,20). The van der Waals surface area contributed by atoms with E-state index in [1.807, 2.05) is 13.0 Å². The Morgan fingerprint density at radius 3 is 2.52 bits per heavy atom. The van der Waals surface area contributed by atoms with Gasteiger partial charge in [-0.05, 0) is 31.5 Å². The van der Waals surface area contributed by atoms with Crippen molar-refractivity contribution in [3.05, 3.63) is 34.3 Å². The number of aryl methyl sites for hydroxylation is 2. The number of nitrogens with two attached hydrogens (primary N) is 1. The number of nitrogens with one attached hydrogen (secondary N) is 2. The molecule has 2 rings (SSSR count). The molecule has 2 amide bonds. The van der Waals surface area contributed by atoms with Crippen LogP contribution in [0.5, 0.6) is 0 Å². The lowest BCUT2D eigenvalue weighted by Crippen LogP contribution is -2.13. The summed E-state index contributed by atoms with van der Waals surface area (Å²) in [4.78, 5) is 27.8. The van der Waals surface area contributed by atoms with Crippen LogP contribution in [-0.2, 0) is 4.79 Å². The van der Waals surface area contributed by atoms with Crippen LogP contribution in [0.4, 0.5) is 16.5 Å². The molecular formula is C14H16N4O2S. The summed E-state index contributed by atoms with van der Waals surface area (Å²) >= 11 is 1.14. The van der Waals surface area contributed by atoms with E-state index < -0.39 is 0 Å². The van der Waals surface area contributed by atoms with Crippen molar-refractivity contribution in [2.24, 2.45) is 0 Å². The molecule has 0 atom stereocenters. The van der Waals surface area contributed by atoms with E-state index in [-0.39, 0.29) is 11.8 Å². The third kappa shape index (κ3) is 3.57. The summed E-state index contributed by atoms with van der Waals surface area (Å²) in [5.41, 5.74) is 8.37. The van der Waals surface area contributed by atoms with Gasteiger partial charge in [0.1, 0.15) is 4.88 Å². The van der Waals surface area contributed by atoms with E-state index >= 15 is 0 Å². The second kappa shape index (κ2) is 5.92. The first kappa shape index (κ1) is 15.0. The van der Waals surface area contributed by atoms with Gasteiger partial charge in [0.05, 0.1) is 5.69 Å². The van der Waals surface area contributed by atoms with Gasteiger partial charge >= 0.3 is 0 Å². The first-order valence-electron chi connectivity index (χ1n) is 6.29. The Labute approximate surface area is 126 Å². The predicted molar refractivity (Wildman–Crippen MR) is 84.7 cm³/mol. The lowest BCUT2D eigenvalue weighted by Gasteiger charge is -2.10. The number of hydrogen-bond donors (Lipinski definition) is 3. The average molecular weight is 304 g/mol. The highest BCUT2D eigenvalue weighted by atomic mass is 32.1. The lowest BCUT2D eigenvalue weighted by molar-refractivity contribution is -0.114. The fourth-order valence-corrected chi connectivity index (χ4v) is 2.57. The topological polar surface area (TPSA) is 97.1 Å². The van der Waals surface area contributed by atoms with Crippen molar-refractivity contribution in [1.82, 2.24) is 4.98 Å². The third-order valence-corrected chi connectivity index (χ3v) is 3.81. The van der Waals surface area contributed by atoms with E-state index in [0.717, 1.165) is 16.9 Å². The zero-order chi connectivity index (χ0) is 15.6. The van der Waals surface area contributed by atoms with Gasteiger partial charge in [0.15, 0.2) is 5.13 Å². The van der Waals surface area contributed by atoms with Crippen LogP contribution in [0.25, 0.3) is 0 Å². The van der Waals surface area contributed by atoms with Crippen LogP contribution < -0.4 is 16.4 Å². The molecular weight excluding hydrogens is 288 g/mol. The zero-order valence-corrected chi connectivity index (χ0v) is 12.8. The van der Waals surface area contributed by atoms with Crippen molar-refractivity contribution in [3.63, 3.8) is 0 Å². The summed E-state index contributed by atoms with van der Waals surface area (Å²) < 4.78 is 0. The number of carbonyl (C=O) groups is 2. The summed E-state index contributed by atoms with van der Waals surface area (Å²) in [6.07, 6.45) is 0. The van der Waals surface area contributed by atoms with Gasteiger partial charge in [-0.2, -0.15) is 0 Å². The normalized spacial score (nSPS) is 10.2. The molecule has 0 saturated heterocycles. The van der Waals surface area contributed by atoms with Crippen molar-refractivity contribution >= 4 is 39.7 Å². The molecule has 2 aromatic rings. The molecule has 0 saturated carbocycles. The maximum absolute atomic E-state index is 12.2. The highest BCUT2D eigenvalue weighted by Gasteiger charge is 2.14. The Kier molecular flexibility index (Phi) is 4.23. The van der Waals surface area contributed by atoms with Gasteiger partial charge < -0.3 is 16.4 Å². The maximum Gasteiger partial charge on any atom is 0.267 e. The number of benzene rings is 1. The molecule has 0 radical (unpaired) electrons. The Bertz CT molecular complexity index is 709. The monoisotopic (exact) mass is 304 g/mol. The highest BCUT2D eigenvalue weighted by molar-refractivity contribution is 7.17. The Morgan fingerprint density at radius 2 is 1.95 bits per heavy atom. The summed E-state index contributed by atoms with van der Waals surface area (Å²) in [5.74, 6) is -0.424. The molecule has 0 aliphatic rings. The number of amides is 2. The predicted octanol–water partition coefficient (Wildman–Crippen LogP) is 2.55. The second-order valence-electron chi connectivity index (χ2n) is 4.63. The molecule has 0 bridgehead atoms. The zero-order valence-electron chi connectivity index (χ0n) is 12.0. The molecule has 0 fully saturated rings. The Morgan fingerprint density at radius 1 is 1.24 bits per heavy atom. The molecule has 0 unspecified atom stereocenters. The molecule has 7 heteroatoms.